The molecule has 2 aromatic heterocycles. The van der Waals surface area contributed by atoms with Crippen molar-refractivity contribution in [3.8, 4) is 0 Å². The van der Waals surface area contributed by atoms with Crippen LogP contribution in [0.25, 0.3) is 17.0 Å². The molecule has 1 aromatic carbocycles. The van der Waals surface area contributed by atoms with Crippen molar-refractivity contribution in [1.29, 1.82) is 0 Å². The number of carbonyl (C=O) groups is 1. The van der Waals surface area contributed by atoms with Crippen molar-refractivity contribution in [1.82, 2.24) is 14.5 Å². The maximum absolute atomic E-state index is 13.4. The molecule has 3 aromatic rings. The molecule has 7 heteroatoms. The molecule has 0 spiro atoms. The van der Waals surface area contributed by atoms with Gasteiger partial charge in [-0.05, 0) is 55.5 Å². The average molecular weight is 424 g/mol. The highest BCUT2D eigenvalue weighted by atomic mass is 32.1. The molecule has 4 rings (SSSR count). The average Bonchev–Trinajstić information content (AvgIpc) is 3.16. The fourth-order valence-electron chi connectivity index (χ4n) is 4.02. The van der Waals surface area contributed by atoms with Crippen molar-refractivity contribution in [2.24, 2.45) is 0 Å². The van der Waals surface area contributed by atoms with Crippen molar-refractivity contribution < 1.29 is 4.79 Å². The van der Waals surface area contributed by atoms with E-state index in [2.05, 4.69) is 23.2 Å². The highest BCUT2D eigenvalue weighted by molar-refractivity contribution is 7.10. The lowest BCUT2D eigenvalue weighted by Gasteiger charge is -2.28. The molecule has 30 heavy (non-hydrogen) atoms. The number of H-pyrrole nitrogens is 1. The smallest absolute Gasteiger partial charge is 0.328 e. The molecule has 0 aliphatic carbocycles. The summed E-state index contributed by atoms with van der Waals surface area (Å²) < 4.78 is 1.16. The maximum atomic E-state index is 13.4. The highest BCUT2D eigenvalue weighted by Crippen LogP contribution is 2.23. The van der Waals surface area contributed by atoms with E-state index in [0.29, 0.717) is 29.6 Å². The summed E-state index contributed by atoms with van der Waals surface area (Å²) in [5.41, 5.74) is 0.109. The van der Waals surface area contributed by atoms with Crippen LogP contribution >= 0.6 is 11.3 Å². The monoisotopic (exact) mass is 423 g/mol. The van der Waals surface area contributed by atoms with Crippen LogP contribution in [0, 0.1) is 0 Å². The van der Waals surface area contributed by atoms with E-state index in [4.69, 9.17) is 0 Å². The molecule has 0 bridgehead atoms. The summed E-state index contributed by atoms with van der Waals surface area (Å²) in [6.45, 7) is 2.75. The molecule has 1 unspecified atom stereocenters. The first-order valence-electron chi connectivity index (χ1n) is 10.4. The first-order chi connectivity index (χ1) is 14.6. The second-order valence-corrected chi connectivity index (χ2v) is 8.51. The number of fused-ring (bicyclic) bond motifs is 1. The van der Waals surface area contributed by atoms with Crippen LogP contribution in [0.4, 0.5) is 0 Å². The van der Waals surface area contributed by atoms with Crippen LogP contribution in [0.1, 0.15) is 47.8 Å². The second-order valence-electron chi connectivity index (χ2n) is 7.53. The maximum Gasteiger partial charge on any atom is 0.328 e. The van der Waals surface area contributed by atoms with E-state index in [0.717, 1.165) is 30.3 Å². The fourth-order valence-corrected chi connectivity index (χ4v) is 4.65. The summed E-state index contributed by atoms with van der Waals surface area (Å²) in [5, 5.41) is 2.45. The molecule has 1 aliphatic heterocycles. The number of rotatable bonds is 4. The Morgan fingerprint density at radius 3 is 2.87 bits per heavy atom. The van der Waals surface area contributed by atoms with E-state index >= 15 is 0 Å². The summed E-state index contributed by atoms with van der Waals surface area (Å²) in [6.07, 6.45) is 8.31. The first kappa shape index (κ1) is 20.3. The van der Waals surface area contributed by atoms with Crippen molar-refractivity contribution in [3.05, 3.63) is 73.1 Å². The molecule has 0 saturated carbocycles. The molecular formula is C23H25N3O3S. The molecule has 1 amide bonds. The minimum Gasteiger partial charge on any atom is -0.332 e. The summed E-state index contributed by atoms with van der Waals surface area (Å²) in [7, 11) is 0. The zero-order valence-electron chi connectivity index (χ0n) is 17.0. The summed E-state index contributed by atoms with van der Waals surface area (Å²) >= 11 is 1.67. The summed E-state index contributed by atoms with van der Waals surface area (Å²) in [5.74, 6) is -0.0693. The lowest BCUT2D eigenvalue weighted by atomic mass is 10.1. The fraction of sp³-hybridized carbons (Fsp3) is 0.348. The standard InChI is InChI=1S/C23H25N3O3S/c1-2-25-22(28)19-12-9-16(15-20(19)24-23(25)29)21(27)26-13-5-3-4-7-17(26)10-11-18-8-6-14-30-18/h6,8-12,14-15,17H,2-5,7,13H2,1H3,(H,24,29). The van der Waals surface area contributed by atoms with Crippen LogP contribution in [-0.2, 0) is 6.54 Å². The molecular weight excluding hydrogens is 398 g/mol. The van der Waals surface area contributed by atoms with Crippen molar-refractivity contribution in [3.63, 3.8) is 0 Å². The highest BCUT2D eigenvalue weighted by Gasteiger charge is 2.25. The Morgan fingerprint density at radius 2 is 2.10 bits per heavy atom. The summed E-state index contributed by atoms with van der Waals surface area (Å²) in [4.78, 5) is 43.9. The van der Waals surface area contributed by atoms with Gasteiger partial charge in [-0.1, -0.05) is 25.0 Å². The number of nitrogens with one attached hydrogen (secondary N) is 1. The summed E-state index contributed by atoms with van der Waals surface area (Å²) in [6, 6.07) is 9.07. The van der Waals surface area contributed by atoms with Gasteiger partial charge in [0.1, 0.15) is 0 Å². The van der Waals surface area contributed by atoms with E-state index < -0.39 is 5.69 Å². The van der Waals surface area contributed by atoms with E-state index in [1.807, 2.05) is 16.3 Å². The minimum absolute atomic E-state index is 0.0324. The van der Waals surface area contributed by atoms with Gasteiger partial charge < -0.3 is 9.88 Å². The second kappa shape index (κ2) is 8.83. The Kier molecular flexibility index (Phi) is 5.99. The van der Waals surface area contributed by atoms with Crippen LogP contribution in [0.3, 0.4) is 0 Å². The number of hydrogen-bond acceptors (Lipinski definition) is 4. The largest absolute Gasteiger partial charge is 0.332 e. The van der Waals surface area contributed by atoms with Gasteiger partial charge in [0.15, 0.2) is 0 Å². The number of nitrogens with zero attached hydrogens (tertiary/aromatic N) is 2. The molecule has 1 N–H and O–H groups in total. The third-order valence-corrected chi connectivity index (χ3v) is 6.47. The number of carbonyl (C=O) groups excluding carboxylic acids is 1. The Labute approximate surface area is 178 Å². The zero-order chi connectivity index (χ0) is 21.1. The van der Waals surface area contributed by atoms with Gasteiger partial charge in [0, 0.05) is 23.5 Å². The van der Waals surface area contributed by atoms with Gasteiger partial charge in [-0.2, -0.15) is 0 Å². The number of aromatic amines is 1. The normalized spacial score (nSPS) is 17.5. The van der Waals surface area contributed by atoms with E-state index in [1.165, 1.54) is 4.88 Å². The predicted octanol–water partition coefficient (Wildman–Crippen LogP) is 3.87. The number of aromatic nitrogens is 2. The van der Waals surface area contributed by atoms with Gasteiger partial charge in [-0.3, -0.25) is 14.2 Å². The molecule has 6 nitrogen and oxygen atoms in total. The van der Waals surface area contributed by atoms with Crippen LogP contribution in [0.2, 0.25) is 0 Å². The van der Waals surface area contributed by atoms with Gasteiger partial charge in [-0.15, -0.1) is 11.3 Å². The third kappa shape index (κ3) is 4.03. The first-order valence-corrected chi connectivity index (χ1v) is 11.3. The number of likely N-dealkylation sites (tertiary alicyclic amines) is 1. The molecule has 1 fully saturated rings. The van der Waals surface area contributed by atoms with Crippen molar-refractivity contribution in [2.45, 2.75) is 45.2 Å². The quantitative estimate of drug-likeness (QED) is 0.692. The molecule has 1 aliphatic rings. The minimum atomic E-state index is -0.453. The van der Waals surface area contributed by atoms with Gasteiger partial charge in [0.2, 0.25) is 0 Å². The molecule has 3 heterocycles. The molecule has 1 saturated heterocycles. The predicted molar refractivity (Wildman–Crippen MR) is 121 cm³/mol. The Balaban J connectivity index is 1.67. The lowest BCUT2D eigenvalue weighted by molar-refractivity contribution is 0.0719. The van der Waals surface area contributed by atoms with Crippen LogP contribution in [0.5, 0.6) is 0 Å². The topological polar surface area (TPSA) is 75.2 Å². The molecule has 0 radical (unpaired) electrons. The number of benzene rings is 1. The number of amides is 1. The van der Waals surface area contributed by atoms with Gasteiger partial charge in [-0.25, -0.2) is 4.79 Å². The van der Waals surface area contributed by atoms with Crippen LogP contribution < -0.4 is 11.2 Å². The Hall–Kier alpha value is -2.93. The SMILES string of the molecule is CCn1c(=O)[nH]c2cc(C(=O)N3CCCCCC3C=Cc3cccs3)ccc2c1=O. The van der Waals surface area contributed by atoms with E-state index in [-0.39, 0.29) is 17.5 Å². The number of hydrogen-bond donors (Lipinski definition) is 1. The Morgan fingerprint density at radius 1 is 1.23 bits per heavy atom. The van der Waals surface area contributed by atoms with Crippen molar-refractivity contribution >= 4 is 34.2 Å². The van der Waals surface area contributed by atoms with Crippen LogP contribution in [-0.4, -0.2) is 32.9 Å². The van der Waals surface area contributed by atoms with Gasteiger partial charge >= 0.3 is 5.69 Å². The number of thiophene rings is 1. The third-order valence-electron chi connectivity index (χ3n) is 5.63. The van der Waals surface area contributed by atoms with Gasteiger partial charge in [0.05, 0.1) is 16.9 Å². The Bertz CT molecular complexity index is 1190. The molecule has 156 valence electrons. The van der Waals surface area contributed by atoms with E-state index in [9.17, 15) is 14.4 Å². The van der Waals surface area contributed by atoms with Gasteiger partial charge in [0.25, 0.3) is 11.5 Å². The van der Waals surface area contributed by atoms with E-state index in [1.54, 1.807) is 36.5 Å². The van der Waals surface area contributed by atoms with Crippen molar-refractivity contribution in [2.75, 3.05) is 6.54 Å². The van der Waals surface area contributed by atoms with Crippen LogP contribution in [0.15, 0.2) is 51.4 Å². The zero-order valence-corrected chi connectivity index (χ0v) is 17.8. The lowest BCUT2D eigenvalue weighted by Crippen LogP contribution is -2.39. The molecule has 1 atom stereocenters.